The molecule has 0 saturated carbocycles. The van der Waals surface area contributed by atoms with Crippen LogP contribution in [0.2, 0.25) is 5.02 Å². The minimum Gasteiger partial charge on any atom is -0.493 e. The minimum absolute atomic E-state index is 0.0240. The molecular weight excluding hydrogens is 370 g/mol. The first-order valence-electron chi connectivity index (χ1n) is 6.72. The molecule has 1 heterocycles. The number of nitrogens with zero attached hydrogens (tertiary/aromatic N) is 2. The molecule has 0 bridgehead atoms. The summed E-state index contributed by atoms with van der Waals surface area (Å²) < 4.78 is 10.5. The van der Waals surface area contributed by atoms with E-state index in [1.807, 2.05) is 0 Å². The Morgan fingerprint density at radius 3 is 2.80 bits per heavy atom. The maximum absolute atomic E-state index is 12.1. The number of nitriles is 1. The summed E-state index contributed by atoms with van der Waals surface area (Å²) in [5, 5.41) is 18.7. The van der Waals surface area contributed by atoms with Gasteiger partial charge in [-0.1, -0.05) is 23.4 Å². The van der Waals surface area contributed by atoms with Crippen molar-refractivity contribution >= 4 is 29.3 Å². The van der Waals surface area contributed by atoms with Crippen LogP contribution in [0, 0.1) is 11.3 Å². The van der Waals surface area contributed by atoms with Crippen molar-refractivity contribution in [3.05, 3.63) is 33.1 Å². The summed E-state index contributed by atoms with van der Waals surface area (Å²) in [6.45, 7) is -0.647. The standard InChI is InChI=1S/C15H12ClN3O5S/c1-23-10-4-7(16)3-8(13(10)24-6-11(20)21)12-9(5-17)14(22)19-15(18-12)25-2/h3-4H,6H2,1-2H3,(H,20,21)(H,18,19,22). The third-order valence-corrected chi connectivity index (χ3v) is 3.84. The fourth-order valence-corrected chi connectivity index (χ4v) is 2.61. The van der Waals surface area contributed by atoms with Gasteiger partial charge in [0.25, 0.3) is 5.56 Å². The normalized spacial score (nSPS) is 10.2. The first kappa shape index (κ1) is 18.6. The number of rotatable bonds is 6. The van der Waals surface area contributed by atoms with Gasteiger partial charge in [-0.15, -0.1) is 0 Å². The minimum atomic E-state index is -1.20. The molecule has 2 rings (SSSR count). The number of carboxylic acids is 1. The number of hydrogen-bond donors (Lipinski definition) is 2. The summed E-state index contributed by atoms with van der Waals surface area (Å²) in [7, 11) is 1.35. The highest BCUT2D eigenvalue weighted by Crippen LogP contribution is 2.41. The summed E-state index contributed by atoms with van der Waals surface area (Å²) in [6, 6.07) is 4.64. The summed E-state index contributed by atoms with van der Waals surface area (Å²) >= 11 is 7.24. The van der Waals surface area contributed by atoms with E-state index in [9.17, 15) is 14.9 Å². The van der Waals surface area contributed by atoms with Gasteiger partial charge in [0.15, 0.2) is 23.3 Å². The summed E-state index contributed by atoms with van der Waals surface area (Å²) in [5.74, 6) is -1.02. The lowest BCUT2D eigenvalue weighted by Crippen LogP contribution is -2.16. The quantitative estimate of drug-likeness (QED) is 0.576. The molecule has 0 aliphatic heterocycles. The Labute approximate surface area is 151 Å². The van der Waals surface area contributed by atoms with Gasteiger partial charge in [0.05, 0.1) is 7.11 Å². The highest BCUT2D eigenvalue weighted by molar-refractivity contribution is 7.98. The molecule has 0 spiro atoms. The van der Waals surface area contributed by atoms with Gasteiger partial charge < -0.3 is 19.6 Å². The van der Waals surface area contributed by atoms with Crippen molar-refractivity contribution < 1.29 is 19.4 Å². The van der Waals surface area contributed by atoms with Crippen LogP contribution in [0.1, 0.15) is 5.56 Å². The van der Waals surface area contributed by atoms with E-state index in [-0.39, 0.29) is 38.5 Å². The van der Waals surface area contributed by atoms with Crippen LogP contribution in [-0.4, -0.2) is 41.0 Å². The third-order valence-electron chi connectivity index (χ3n) is 3.04. The summed E-state index contributed by atoms with van der Waals surface area (Å²) in [4.78, 5) is 29.7. The lowest BCUT2D eigenvalue weighted by Gasteiger charge is -2.15. The number of hydrogen-bond acceptors (Lipinski definition) is 7. The molecule has 0 aliphatic rings. The Morgan fingerprint density at radius 2 is 2.24 bits per heavy atom. The van der Waals surface area contributed by atoms with Crippen LogP contribution in [0.25, 0.3) is 11.3 Å². The van der Waals surface area contributed by atoms with Crippen LogP contribution in [0.3, 0.4) is 0 Å². The van der Waals surface area contributed by atoms with E-state index in [0.29, 0.717) is 0 Å². The number of carboxylic acid groups (broad SMARTS) is 1. The van der Waals surface area contributed by atoms with E-state index in [1.54, 1.807) is 12.3 Å². The largest absolute Gasteiger partial charge is 0.493 e. The highest BCUT2D eigenvalue weighted by Gasteiger charge is 2.22. The second kappa shape index (κ2) is 7.92. The Bertz CT molecular complexity index is 923. The molecule has 2 N–H and O–H groups in total. The predicted molar refractivity (Wildman–Crippen MR) is 91.5 cm³/mol. The maximum Gasteiger partial charge on any atom is 0.341 e. The smallest absolute Gasteiger partial charge is 0.341 e. The summed E-state index contributed by atoms with van der Waals surface area (Å²) in [6.07, 6.45) is 1.70. The molecule has 0 radical (unpaired) electrons. The fraction of sp³-hybridized carbons (Fsp3) is 0.200. The van der Waals surface area contributed by atoms with Crippen LogP contribution < -0.4 is 15.0 Å². The Kier molecular flexibility index (Phi) is 5.90. The topological polar surface area (TPSA) is 125 Å². The van der Waals surface area contributed by atoms with Gasteiger partial charge >= 0.3 is 5.97 Å². The van der Waals surface area contributed by atoms with E-state index in [4.69, 9.17) is 26.2 Å². The molecule has 130 valence electrons. The van der Waals surface area contributed by atoms with E-state index >= 15 is 0 Å². The van der Waals surface area contributed by atoms with Gasteiger partial charge in [-0.2, -0.15) is 5.26 Å². The zero-order valence-electron chi connectivity index (χ0n) is 13.1. The van der Waals surface area contributed by atoms with Gasteiger partial charge in [0.2, 0.25) is 0 Å². The first-order chi connectivity index (χ1) is 11.9. The second-order valence-corrected chi connectivity index (χ2v) is 5.81. The fourth-order valence-electron chi connectivity index (χ4n) is 2.03. The Morgan fingerprint density at radius 1 is 1.52 bits per heavy atom. The predicted octanol–water partition coefficient (Wildman–Crippen LogP) is 2.16. The second-order valence-electron chi connectivity index (χ2n) is 4.58. The molecule has 1 aromatic heterocycles. The molecule has 0 fully saturated rings. The van der Waals surface area contributed by atoms with E-state index in [0.717, 1.165) is 0 Å². The molecule has 25 heavy (non-hydrogen) atoms. The van der Waals surface area contributed by atoms with Crippen LogP contribution in [0.15, 0.2) is 22.1 Å². The first-order valence-corrected chi connectivity index (χ1v) is 8.32. The molecular formula is C15H12ClN3O5S. The molecule has 1 aromatic carbocycles. The number of halogens is 1. The molecule has 2 aromatic rings. The number of ether oxygens (including phenoxy) is 2. The average Bonchev–Trinajstić information content (AvgIpc) is 2.58. The van der Waals surface area contributed by atoms with Crippen molar-refractivity contribution in [3.8, 4) is 28.8 Å². The van der Waals surface area contributed by atoms with E-state index in [2.05, 4.69) is 9.97 Å². The summed E-state index contributed by atoms with van der Waals surface area (Å²) in [5.41, 5.74) is -0.664. The number of thioether (sulfide) groups is 1. The van der Waals surface area contributed by atoms with Crippen LogP contribution in [0.5, 0.6) is 11.5 Å². The number of H-pyrrole nitrogens is 1. The van der Waals surface area contributed by atoms with Crippen molar-refractivity contribution in [1.82, 2.24) is 9.97 Å². The molecule has 8 nitrogen and oxygen atoms in total. The molecule has 0 saturated heterocycles. The van der Waals surface area contributed by atoms with Crippen molar-refractivity contribution in [1.29, 1.82) is 5.26 Å². The molecule has 0 unspecified atom stereocenters. The lowest BCUT2D eigenvalue weighted by atomic mass is 10.1. The van der Waals surface area contributed by atoms with Crippen molar-refractivity contribution in [2.24, 2.45) is 0 Å². The monoisotopic (exact) mass is 381 g/mol. The third kappa shape index (κ3) is 4.04. The number of methoxy groups -OCH3 is 1. The Balaban J connectivity index is 2.80. The number of benzene rings is 1. The molecule has 10 heteroatoms. The SMILES string of the molecule is COc1cc(Cl)cc(-c2nc(SC)[nH]c(=O)c2C#N)c1OCC(=O)O. The van der Waals surface area contributed by atoms with Crippen LogP contribution >= 0.6 is 23.4 Å². The highest BCUT2D eigenvalue weighted by atomic mass is 35.5. The number of aromatic amines is 1. The number of aliphatic carboxylic acids is 1. The van der Waals surface area contributed by atoms with Gasteiger partial charge in [0.1, 0.15) is 17.3 Å². The van der Waals surface area contributed by atoms with Crippen molar-refractivity contribution in [2.45, 2.75) is 5.16 Å². The zero-order chi connectivity index (χ0) is 18.6. The van der Waals surface area contributed by atoms with Crippen LogP contribution in [-0.2, 0) is 4.79 Å². The van der Waals surface area contributed by atoms with Crippen molar-refractivity contribution in [2.75, 3.05) is 20.0 Å². The maximum atomic E-state index is 12.1. The van der Waals surface area contributed by atoms with Gasteiger partial charge in [0, 0.05) is 16.7 Å². The van der Waals surface area contributed by atoms with Gasteiger partial charge in [-0.3, -0.25) is 4.79 Å². The number of carbonyl (C=O) groups is 1. The molecule has 0 aliphatic carbocycles. The van der Waals surface area contributed by atoms with Gasteiger partial charge in [-0.05, 0) is 12.3 Å². The Hall–Kier alpha value is -2.70. The van der Waals surface area contributed by atoms with E-state index in [1.165, 1.54) is 31.0 Å². The number of nitrogens with one attached hydrogen (secondary N) is 1. The lowest BCUT2D eigenvalue weighted by molar-refractivity contribution is -0.139. The number of aromatic nitrogens is 2. The molecule has 0 atom stereocenters. The van der Waals surface area contributed by atoms with Gasteiger partial charge in [-0.25, -0.2) is 9.78 Å². The average molecular weight is 382 g/mol. The molecule has 0 amide bonds. The van der Waals surface area contributed by atoms with E-state index < -0.39 is 18.1 Å². The van der Waals surface area contributed by atoms with Crippen LogP contribution in [0.4, 0.5) is 0 Å². The van der Waals surface area contributed by atoms with Crippen molar-refractivity contribution in [3.63, 3.8) is 0 Å². The zero-order valence-corrected chi connectivity index (χ0v) is 14.7.